The second-order valence-electron chi connectivity index (χ2n) is 3.51. The summed E-state index contributed by atoms with van der Waals surface area (Å²) in [7, 11) is -3.20. The zero-order valence-corrected chi connectivity index (χ0v) is 10.6. The third-order valence-electron chi connectivity index (χ3n) is 2.00. The van der Waals surface area contributed by atoms with Crippen LogP contribution in [-0.2, 0) is 21.3 Å². The standard InChI is InChI=1S/C11H15NO4S/c1-3-16-11(13)10-6-4-9(5-7-10)8-12-17(2,14)15/h4-7,12H,3,8H2,1-2H3. The second kappa shape index (κ2) is 5.79. The van der Waals surface area contributed by atoms with Crippen molar-refractivity contribution in [3.8, 4) is 0 Å². The van der Waals surface area contributed by atoms with Crippen molar-refractivity contribution in [3.05, 3.63) is 35.4 Å². The van der Waals surface area contributed by atoms with E-state index in [0.717, 1.165) is 11.8 Å². The highest BCUT2D eigenvalue weighted by Gasteiger charge is 2.06. The van der Waals surface area contributed by atoms with E-state index in [4.69, 9.17) is 4.74 Å². The van der Waals surface area contributed by atoms with Gasteiger partial charge in [-0.2, -0.15) is 0 Å². The quantitative estimate of drug-likeness (QED) is 0.796. The topological polar surface area (TPSA) is 72.5 Å². The van der Waals surface area contributed by atoms with Crippen LogP contribution in [0.4, 0.5) is 0 Å². The molecule has 0 amide bonds. The monoisotopic (exact) mass is 257 g/mol. The molecule has 0 radical (unpaired) electrons. The van der Waals surface area contributed by atoms with Crippen molar-refractivity contribution in [1.29, 1.82) is 0 Å². The molecule has 0 fully saturated rings. The highest BCUT2D eigenvalue weighted by atomic mass is 32.2. The smallest absolute Gasteiger partial charge is 0.338 e. The molecule has 0 heterocycles. The molecule has 0 aliphatic carbocycles. The van der Waals surface area contributed by atoms with Gasteiger partial charge in [-0.05, 0) is 24.6 Å². The largest absolute Gasteiger partial charge is 0.462 e. The van der Waals surface area contributed by atoms with Gasteiger partial charge in [-0.3, -0.25) is 0 Å². The molecule has 17 heavy (non-hydrogen) atoms. The van der Waals surface area contributed by atoms with Gasteiger partial charge in [0.2, 0.25) is 10.0 Å². The number of ether oxygens (including phenoxy) is 1. The zero-order valence-electron chi connectivity index (χ0n) is 9.76. The Balaban J connectivity index is 2.65. The molecule has 1 aromatic carbocycles. The van der Waals surface area contributed by atoms with Crippen LogP contribution in [0.25, 0.3) is 0 Å². The molecule has 0 unspecified atom stereocenters. The summed E-state index contributed by atoms with van der Waals surface area (Å²) in [5.41, 5.74) is 1.23. The van der Waals surface area contributed by atoms with Crippen molar-refractivity contribution in [1.82, 2.24) is 4.72 Å². The molecule has 0 saturated heterocycles. The Morgan fingerprint density at radius 1 is 1.29 bits per heavy atom. The molecule has 0 saturated carbocycles. The molecule has 1 aromatic rings. The summed E-state index contributed by atoms with van der Waals surface area (Å²) in [4.78, 5) is 11.3. The van der Waals surface area contributed by atoms with E-state index in [2.05, 4.69) is 4.72 Å². The van der Waals surface area contributed by atoms with E-state index in [1.54, 1.807) is 31.2 Å². The minimum atomic E-state index is -3.20. The summed E-state index contributed by atoms with van der Waals surface area (Å²) >= 11 is 0. The first-order valence-corrected chi connectivity index (χ1v) is 7.02. The number of hydrogen-bond donors (Lipinski definition) is 1. The van der Waals surface area contributed by atoms with Crippen LogP contribution < -0.4 is 4.72 Å². The highest BCUT2D eigenvalue weighted by Crippen LogP contribution is 2.06. The number of hydrogen-bond acceptors (Lipinski definition) is 4. The van der Waals surface area contributed by atoms with Crippen LogP contribution in [0.2, 0.25) is 0 Å². The van der Waals surface area contributed by atoms with Gasteiger partial charge in [0.05, 0.1) is 18.4 Å². The van der Waals surface area contributed by atoms with Crippen molar-refractivity contribution < 1.29 is 17.9 Å². The van der Waals surface area contributed by atoms with Gasteiger partial charge < -0.3 is 4.74 Å². The van der Waals surface area contributed by atoms with Crippen molar-refractivity contribution in [2.45, 2.75) is 13.5 Å². The number of sulfonamides is 1. The predicted molar refractivity (Wildman–Crippen MR) is 64.1 cm³/mol. The van der Waals surface area contributed by atoms with Crippen LogP contribution in [0.3, 0.4) is 0 Å². The Bertz CT molecular complexity index is 479. The lowest BCUT2D eigenvalue weighted by molar-refractivity contribution is 0.0526. The van der Waals surface area contributed by atoms with Gasteiger partial charge in [-0.25, -0.2) is 17.9 Å². The molecule has 1 rings (SSSR count). The van der Waals surface area contributed by atoms with Crippen LogP contribution in [0.5, 0.6) is 0 Å². The fourth-order valence-corrected chi connectivity index (χ4v) is 1.62. The zero-order chi connectivity index (χ0) is 12.9. The molecule has 0 bridgehead atoms. The lowest BCUT2D eigenvalue weighted by atomic mass is 10.1. The Labute approximate surface area is 101 Å². The summed E-state index contributed by atoms with van der Waals surface area (Å²) < 4.78 is 29.0. The molecule has 94 valence electrons. The molecule has 0 atom stereocenters. The first kappa shape index (κ1) is 13.7. The van der Waals surface area contributed by atoms with Gasteiger partial charge in [-0.1, -0.05) is 12.1 Å². The first-order chi connectivity index (χ1) is 7.92. The minimum absolute atomic E-state index is 0.210. The van der Waals surface area contributed by atoms with Gasteiger partial charge in [0, 0.05) is 6.54 Å². The normalized spacial score (nSPS) is 11.2. The van der Waals surface area contributed by atoms with E-state index in [0.29, 0.717) is 12.2 Å². The minimum Gasteiger partial charge on any atom is -0.462 e. The SMILES string of the molecule is CCOC(=O)c1ccc(CNS(C)(=O)=O)cc1. The third-order valence-corrected chi connectivity index (χ3v) is 2.67. The van der Waals surface area contributed by atoms with E-state index in [-0.39, 0.29) is 12.5 Å². The second-order valence-corrected chi connectivity index (χ2v) is 5.34. The lowest BCUT2D eigenvalue weighted by Gasteiger charge is -2.04. The van der Waals surface area contributed by atoms with E-state index in [1.165, 1.54) is 0 Å². The first-order valence-electron chi connectivity index (χ1n) is 5.13. The summed E-state index contributed by atoms with van der Waals surface area (Å²) in [6.45, 7) is 2.28. The molecular formula is C11H15NO4S. The van der Waals surface area contributed by atoms with Gasteiger partial charge >= 0.3 is 5.97 Å². The average Bonchev–Trinajstić information content (AvgIpc) is 2.26. The van der Waals surface area contributed by atoms with Crippen LogP contribution in [0.1, 0.15) is 22.8 Å². The van der Waals surface area contributed by atoms with Crippen LogP contribution in [0.15, 0.2) is 24.3 Å². The van der Waals surface area contributed by atoms with Crippen molar-refractivity contribution in [2.24, 2.45) is 0 Å². The van der Waals surface area contributed by atoms with Crippen molar-refractivity contribution >= 4 is 16.0 Å². The van der Waals surface area contributed by atoms with E-state index >= 15 is 0 Å². The molecule has 0 aliphatic rings. The molecule has 5 nitrogen and oxygen atoms in total. The number of rotatable bonds is 5. The van der Waals surface area contributed by atoms with Crippen LogP contribution >= 0.6 is 0 Å². The fourth-order valence-electron chi connectivity index (χ4n) is 1.19. The average molecular weight is 257 g/mol. The number of benzene rings is 1. The van der Waals surface area contributed by atoms with Gasteiger partial charge in [-0.15, -0.1) is 0 Å². The van der Waals surface area contributed by atoms with E-state index in [1.807, 2.05) is 0 Å². The third kappa shape index (κ3) is 4.97. The van der Waals surface area contributed by atoms with E-state index < -0.39 is 10.0 Å². The maximum absolute atomic E-state index is 11.3. The van der Waals surface area contributed by atoms with Crippen LogP contribution in [0, 0.1) is 0 Å². The maximum Gasteiger partial charge on any atom is 0.338 e. The number of nitrogens with one attached hydrogen (secondary N) is 1. The van der Waals surface area contributed by atoms with Gasteiger partial charge in [0.1, 0.15) is 0 Å². The Hall–Kier alpha value is -1.40. The molecule has 0 aliphatic heterocycles. The maximum atomic E-state index is 11.3. The van der Waals surface area contributed by atoms with Crippen LogP contribution in [-0.4, -0.2) is 27.2 Å². The summed E-state index contributed by atoms with van der Waals surface area (Å²) in [6, 6.07) is 6.59. The number of carbonyl (C=O) groups excluding carboxylic acids is 1. The number of carbonyl (C=O) groups is 1. The lowest BCUT2D eigenvalue weighted by Crippen LogP contribution is -2.21. The predicted octanol–water partition coefficient (Wildman–Crippen LogP) is 0.913. The Morgan fingerprint density at radius 2 is 1.88 bits per heavy atom. The molecule has 1 N–H and O–H groups in total. The van der Waals surface area contributed by atoms with Gasteiger partial charge in [0.15, 0.2) is 0 Å². The number of esters is 1. The summed E-state index contributed by atoms with van der Waals surface area (Å²) in [5, 5.41) is 0. The van der Waals surface area contributed by atoms with E-state index in [9.17, 15) is 13.2 Å². The highest BCUT2D eigenvalue weighted by molar-refractivity contribution is 7.88. The molecule has 0 spiro atoms. The Kier molecular flexibility index (Phi) is 4.65. The summed E-state index contributed by atoms with van der Waals surface area (Å²) in [6.07, 6.45) is 1.10. The molecular weight excluding hydrogens is 242 g/mol. The van der Waals surface area contributed by atoms with Crippen molar-refractivity contribution in [2.75, 3.05) is 12.9 Å². The summed E-state index contributed by atoms with van der Waals surface area (Å²) in [5.74, 6) is -0.380. The van der Waals surface area contributed by atoms with Crippen molar-refractivity contribution in [3.63, 3.8) is 0 Å². The fraction of sp³-hybridized carbons (Fsp3) is 0.364. The Morgan fingerprint density at radius 3 is 2.35 bits per heavy atom. The molecule has 6 heteroatoms. The van der Waals surface area contributed by atoms with Gasteiger partial charge in [0.25, 0.3) is 0 Å². The molecule has 0 aromatic heterocycles.